The molecule has 1 fully saturated rings. The number of carbonyl (C=O) groups excluding carboxylic acids is 3. The molecule has 3 rings (SSSR count). The molecule has 204 valence electrons. The molecule has 1 aliphatic heterocycles. The summed E-state index contributed by atoms with van der Waals surface area (Å²) in [5.41, 5.74) is 1.72. The smallest absolute Gasteiger partial charge is 0.416 e. The lowest BCUT2D eigenvalue weighted by Gasteiger charge is -2.13. The molecule has 0 radical (unpaired) electrons. The summed E-state index contributed by atoms with van der Waals surface area (Å²) in [6, 6.07) is 8.85. The average molecular weight is 537 g/mol. The zero-order valence-electron chi connectivity index (χ0n) is 20.5. The lowest BCUT2D eigenvalue weighted by atomic mass is 10.2. The lowest BCUT2D eigenvalue weighted by molar-refractivity contribution is -0.139. The van der Waals surface area contributed by atoms with Gasteiger partial charge in [-0.2, -0.15) is 18.3 Å². The van der Waals surface area contributed by atoms with Gasteiger partial charge in [-0.1, -0.05) is 6.07 Å². The summed E-state index contributed by atoms with van der Waals surface area (Å²) in [7, 11) is 0. The van der Waals surface area contributed by atoms with E-state index in [1.54, 1.807) is 13.0 Å². The summed E-state index contributed by atoms with van der Waals surface area (Å²) < 4.78 is 55.0. The van der Waals surface area contributed by atoms with E-state index in [2.05, 4.69) is 21.2 Å². The fourth-order valence-electron chi connectivity index (χ4n) is 3.41. The predicted molar refractivity (Wildman–Crippen MR) is 131 cm³/mol. The van der Waals surface area contributed by atoms with Gasteiger partial charge in [-0.3, -0.25) is 14.4 Å². The number of alkyl halides is 3. The Morgan fingerprint density at radius 2 is 1.92 bits per heavy atom. The minimum atomic E-state index is -4.53. The summed E-state index contributed by atoms with van der Waals surface area (Å²) in [6.45, 7) is 2.40. The van der Waals surface area contributed by atoms with Gasteiger partial charge < -0.3 is 24.8 Å². The van der Waals surface area contributed by atoms with Crippen LogP contribution in [0.1, 0.15) is 30.9 Å². The number of rotatable bonds is 10. The average Bonchev–Trinajstić information content (AvgIpc) is 3.40. The number of halogens is 3. The quantitative estimate of drug-likeness (QED) is 0.244. The predicted octanol–water partition coefficient (Wildman–Crippen LogP) is 2.87. The second-order valence-electron chi connectivity index (χ2n) is 8.10. The minimum Gasteiger partial charge on any atom is -0.490 e. The Labute approximate surface area is 216 Å². The van der Waals surface area contributed by atoms with Gasteiger partial charge in [0, 0.05) is 18.8 Å². The molecule has 1 saturated heterocycles. The Balaban J connectivity index is 1.52. The molecule has 0 aliphatic carbocycles. The third-order valence-corrected chi connectivity index (χ3v) is 5.20. The highest BCUT2D eigenvalue weighted by atomic mass is 19.4. The van der Waals surface area contributed by atoms with E-state index in [1.165, 1.54) is 30.5 Å². The summed E-state index contributed by atoms with van der Waals surface area (Å²) in [6.07, 6.45) is -1.61. The zero-order chi connectivity index (χ0) is 27.5. The molecule has 1 heterocycles. The van der Waals surface area contributed by atoms with Crippen molar-refractivity contribution in [1.29, 1.82) is 0 Å². The number of hydrogen-bond acceptors (Lipinski definition) is 7. The van der Waals surface area contributed by atoms with Crippen LogP contribution in [0, 0.1) is 0 Å². The first-order valence-corrected chi connectivity index (χ1v) is 11.7. The number of anilines is 1. The van der Waals surface area contributed by atoms with Crippen molar-refractivity contribution in [3.63, 3.8) is 0 Å². The van der Waals surface area contributed by atoms with Crippen molar-refractivity contribution in [2.45, 2.75) is 32.0 Å². The maximum atomic E-state index is 12.9. The molecule has 0 aromatic heterocycles. The Morgan fingerprint density at radius 1 is 1.11 bits per heavy atom. The molecule has 2 aromatic rings. The van der Waals surface area contributed by atoms with Gasteiger partial charge in [-0.25, -0.2) is 5.43 Å². The van der Waals surface area contributed by atoms with Crippen LogP contribution in [0.2, 0.25) is 0 Å². The van der Waals surface area contributed by atoms with Crippen LogP contribution in [-0.4, -0.2) is 56.4 Å². The molecular weight excluding hydrogens is 509 g/mol. The fraction of sp³-hybridized carbons (Fsp3) is 0.360. The summed E-state index contributed by atoms with van der Waals surface area (Å²) in [5, 5.41) is 8.60. The van der Waals surface area contributed by atoms with Gasteiger partial charge in [-0.15, -0.1) is 0 Å². The fourth-order valence-corrected chi connectivity index (χ4v) is 3.41. The molecule has 0 saturated carbocycles. The van der Waals surface area contributed by atoms with Crippen LogP contribution in [0.5, 0.6) is 11.5 Å². The monoisotopic (exact) mass is 536 g/mol. The van der Waals surface area contributed by atoms with E-state index < -0.39 is 36.1 Å². The number of hydrogen-bond donors (Lipinski definition) is 3. The lowest BCUT2D eigenvalue weighted by Crippen LogP contribution is -2.41. The van der Waals surface area contributed by atoms with E-state index in [9.17, 15) is 27.6 Å². The van der Waals surface area contributed by atoms with E-state index >= 15 is 0 Å². The van der Waals surface area contributed by atoms with Gasteiger partial charge >= 0.3 is 18.0 Å². The number of amides is 3. The number of ether oxygens (including phenoxy) is 3. The first-order chi connectivity index (χ1) is 18.2. The highest BCUT2D eigenvalue weighted by Crippen LogP contribution is 2.31. The molecule has 10 nitrogen and oxygen atoms in total. The van der Waals surface area contributed by atoms with Gasteiger partial charge in [0.1, 0.15) is 0 Å². The Hall–Kier alpha value is -4.13. The molecule has 38 heavy (non-hydrogen) atoms. The van der Waals surface area contributed by atoms with Gasteiger partial charge in [0.25, 0.3) is 5.91 Å². The summed E-state index contributed by atoms with van der Waals surface area (Å²) >= 11 is 0. The zero-order valence-corrected chi connectivity index (χ0v) is 20.5. The Bertz CT molecular complexity index is 1170. The van der Waals surface area contributed by atoms with E-state index in [-0.39, 0.29) is 36.4 Å². The number of nitrogens with one attached hydrogen (secondary N) is 3. The van der Waals surface area contributed by atoms with Crippen molar-refractivity contribution in [2.24, 2.45) is 5.10 Å². The first kappa shape index (κ1) is 28.4. The van der Waals surface area contributed by atoms with Crippen LogP contribution in [0.3, 0.4) is 0 Å². The second kappa shape index (κ2) is 13.4. The van der Waals surface area contributed by atoms with Gasteiger partial charge in [0.2, 0.25) is 0 Å². The summed E-state index contributed by atoms with van der Waals surface area (Å²) in [5.74, 6) is -1.96. The normalized spacial score (nSPS) is 15.2. The van der Waals surface area contributed by atoms with Crippen molar-refractivity contribution in [1.82, 2.24) is 10.7 Å². The third kappa shape index (κ3) is 8.76. The molecule has 1 aliphatic rings. The van der Waals surface area contributed by atoms with Crippen molar-refractivity contribution in [3.05, 3.63) is 53.6 Å². The van der Waals surface area contributed by atoms with Crippen LogP contribution in [0.4, 0.5) is 18.9 Å². The number of hydrazone groups is 1. The molecule has 2 aromatic carbocycles. The maximum absolute atomic E-state index is 12.9. The summed E-state index contributed by atoms with van der Waals surface area (Å²) in [4.78, 5) is 36.0. The molecule has 0 unspecified atom stereocenters. The van der Waals surface area contributed by atoms with Crippen LogP contribution >= 0.6 is 0 Å². The highest BCUT2D eigenvalue weighted by Gasteiger charge is 2.30. The topological polar surface area (TPSA) is 127 Å². The van der Waals surface area contributed by atoms with Gasteiger partial charge in [0.15, 0.2) is 18.1 Å². The van der Waals surface area contributed by atoms with Crippen LogP contribution in [0.15, 0.2) is 47.6 Å². The third-order valence-electron chi connectivity index (χ3n) is 5.20. The largest absolute Gasteiger partial charge is 0.490 e. The van der Waals surface area contributed by atoms with Crippen molar-refractivity contribution < 1.29 is 41.8 Å². The molecule has 3 amide bonds. The molecule has 3 N–H and O–H groups in total. The Kier molecular flexibility index (Phi) is 10.0. The minimum absolute atomic E-state index is 0.0207. The van der Waals surface area contributed by atoms with E-state index in [0.29, 0.717) is 12.2 Å². The van der Waals surface area contributed by atoms with Crippen molar-refractivity contribution in [3.8, 4) is 11.5 Å². The number of carbonyl (C=O) groups is 3. The van der Waals surface area contributed by atoms with Gasteiger partial charge in [-0.05, 0) is 61.7 Å². The van der Waals surface area contributed by atoms with Crippen LogP contribution < -0.4 is 25.5 Å². The first-order valence-electron chi connectivity index (χ1n) is 11.7. The number of benzene rings is 2. The SMILES string of the molecule is CCOc1cc(/C=N\NC(=O)C(=O)NC[C@H]2CCCO2)ccc1OCC(=O)Nc1cccc(C(F)(F)F)c1. The molecular formula is C25H27F3N4O6. The number of nitrogens with zero attached hydrogens (tertiary/aromatic N) is 1. The van der Waals surface area contributed by atoms with Gasteiger partial charge in [0.05, 0.1) is 24.5 Å². The molecule has 0 bridgehead atoms. The maximum Gasteiger partial charge on any atom is 0.416 e. The molecule has 0 spiro atoms. The Morgan fingerprint density at radius 3 is 2.63 bits per heavy atom. The molecule has 1 atom stereocenters. The van der Waals surface area contributed by atoms with Crippen LogP contribution in [-0.2, 0) is 25.3 Å². The van der Waals surface area contributed by atoms with Crippen LogP contribution in [0.25, 0.3) is 0 Å². The van der Waals surface area contributed by atoms with E-state index in [0.717, 1.165) is 25.0 Å². The van der Waals surface area contributed by atoms with E-state index in [4.69, 9.17) is 14.2 Å². The van der Waals surface area contributed by atoms with Crippen molar-refractivity contribution in [2.75, 3.05) is 31.7 Å². The second-order valence-corrected chi connectivity index (χ2v) is 8.10. The standard InChI is InChI=1S/C25H27F3N4O6/c1-2-36-21-11-16(13-30-32-24(35)23(34)29-14-19-7-4-10-37-19)8-9-20(21)38-15-22(33)31-18-6-3-5-17(12-18)25(26,27)28/h3,5-6,8-9,11-13,19H,2,4,7,10,14-15H2,1H3,(H,29,34)(H,31,33)(H,32,35)/b30-13-/t19-/m1/s1. The molecule has 13 heteroatoms. The van der Waals surface area contributed by atoms with E-state index in [1.807, 2.05) is 0 Å². The van der Waals surface area contributed by atoms with Crippen molar-refractivity contribution >= 4 is 29.6 Å². The highest BCUT2D eigenvalue weighted by molar-refractivity contribution is 6.35.